The van der Waals surface area contributed by atoms with Crippen molar-refractivity contribution in [3.05, 3.63) is 64.6 Å². The predicted molar refractivity (Wildman–Crippen MR) is 123 cm³/mol. The number of phenols is 1. The van der Waals surface area contributed by atoms with Crippen LogP contribution in [0.4, 0.5) is 5.69 Å². The molecule has 0 aliphatic carbocycles. The number of benzene rings is 2. The highest BCUT2D eigenvalue weighted by Gasteiger charge is 2.42. The molecule has 31 heavy (non-hydrogen) atoms. The lowest BCUT2D eigenvalue weighted by atomic mass is 10.1. The van der Waals surface area contributed by atoms with Crippen molar-refractivity contribution in [2.75, 3.05) is 11.4 Å². The molecule has 2 aliphatic heterocycles. The fourth-order valence-electron chi connectivity index (χ4n) is 3.48. The molecule has 1 saturated heterocycles. The number of nitrogens with zero attached hydrogens (tertiary/aromatic N) is 2. The Hall–Kier alpha value is -3.17. The topological polar surface area (TPSA) is 90.0 Å². The number of fused-ring (bicyclic) bond motifs is 1. The average Bonchev–Trinajstić information content (AvgIpc) is 3.19. The number of thiocarbonyl (C=S) groups is 1. The van der Waals surface area contributed by atoms with Gasteiger partial charge < -0.3 is 10.0 Å². The molecule has 2 N–H and O–H groups in total. The van der Waals surface area contributed by atoms with Crippen LogP contribution in [0.15, 0.2) is 53.4 Å². The number of unbranched alkanes of at least 4 members (excludes halogenated alkanes) is 1. The van der Waals surface area contributed by atoms with Crippen molar-refractivity contribution in [2.24, 2.45) is 0 Å². The van der Waals surface area contributed by atoms with Gasteiger partial charge in [-0.25, -0.2) is 0 Å². The lowest BCUT2D eigenvalue weighted by Gasteiger charge is -2.16. The number of phenolic OH excluding ortho intramolecular Hbond substituents is 1. The van der Waals surface area contributed by atoms with Crippen LogP contribution in [-0.4, -0.2) is 38.7 Å². The highest BCUT2D eigenvalue weighted by molar-refractivity contribution is 8.26. The largest absolute Gasteiger partial charge is 0.507 e. The molecule has 3 amide bonds. The Bertz CT molecular complexity index is 1150. The quantitative estimate of drug-likeness (QED) is 0.532. The molecule has 0 bridgehead atoms. The fraction of sp³-hybridized carbons (Fsp3) is 0.182. The summed E-state index contributed by atoms with van der Waals surface area (Å²) in [6, 6.07) is 13.3. The van der Waals surface area contributed by atoms with Gasteiger partial charge in [-0.2, -0.15) is 5.01 Å². The second-order valence-corrected chi connectivity index (χ2v) is 8.64. The lowest BCUT2D eigenvalue weighted by Crippen LogP contribution is -2.45. The van der Waals surface area contributed by atoms with Crippen LogP contribution in [0.2, 0.25) is 0 Å². The molecule has 4 rings (SSSR count). The highest BCUT2D eigenvalue weighted by atomic mass is 32.2. The van der Waals surface area contributed by atoms with Crippen molar-refractivity contribution in [3.63, 3.8) is 0 Å². The summed E-state index contributed by atoms with van der Waals surface area (Å²) in [6.45, 7) is 2.60. The third-order valence-electron chi connectivity index (χ3n) is 5.02. The molecular formula is C22H19N3O4S2. The molecule has 1 fully saturated rings. The Morgan fingerprint density at radius 1 is 1.10 bits per heavy atom. The number of carbonyl (C=O) groups excluding carboxylic acids is 3. The van der Waals surface area contributed by atoms with Crippen LogP contribution < -0.4 is 10.3 Å². The van der Waals surface area contributed by atoms with E-state index in [0.29, 0.717) is 17.7 Å². The number of hydrogen-bond donors (Lipinski definition) is 2. The van der Waals surface area contributed by atoms with Gasteiger partial charge in [-0.3, -0.25) is 19.8 Å². The molecule has 0 atom stereocenters. The maximum absolute atomic E-state index is 13.2. The molecule has 0 radical (unpaired) electrons. The molecule has 0 saturated carbocycles. The van der Waals surface area contributed by atoms with Crippen LogP contribution in [0, 0.1) is 0 Å². The Morgan fingerprint density at radius 3 is 2.55 bits per heavy atom. The number of hydrogen-bond acceptors (Lipinski definition) is 6. The van der Waals surface area contributed by atoms with Gasteiger partial charge in [0.15, 0.2) is 4.32 Å². The van der Waals surface area contributed by atoms with Crippen LogP contribution in [-0.2, 0) is 9.59 Å². The number of carbonyl (C=O) groups is 3. The van der Waals surface area contributed by atoms with E-state index in [4.69, 9.17) is 12.2 Å². The van der Waals surface area contributed by atoms with E-state index in [1.54, 1.807) is 17.0 Å². The van der Waals surface area contributed by atoms with Gasteiger partial charge in [-0.05, 0) is 36.8 Å². The number of rotatable bonds is 5. The van der Waals surface area contributed by atoms with Gasteiger partial charge >= 0.3 is 0 Å². The summed E-state index contributed by atoms with van der Waals surface area (Å²) in [5.74, 6) is -1.71. The zero-order chi connectivity index (χ0) is 22.1. The second-order valence-electron chi connectivity index (χ2n) is 7.00. The zero-order valence-electron chi connectivity index (χ0n) is 16.6. The third-order valence-corrected chi connectivity index (χ3v) is 6.39. The van der Waals surface area contributed by atoms with E-state index in [9.17, 15) is 19.5 Å². The minimum Gasteiger partial charge on any atom is -0.507 e. The van der Waals surface area contributed by atoms with E-state index < -0.39 is 11.8 Å². The van der Waals surface area contributed by atoms with E-state index in [2.05, 4.69) is 5.43 Å². The van der Waals surface area contributed by atoms with E-state index >= 15 is 0 Å². The Balaban J connectivity index is 1.67. The molecule has 158 valence electrons. The van der Waals surface area contributed by atoms with Gasteiger partial charge in [0.05, 0.1) is 21.7 Å². The monoisotopic (exact) mass is 453 g/mol. The molecule has 2 aliphatic rings. The summed E-state index contributed by atoms with van der Waals surface area (Å²) < 4.78 is 0.105. The minimum absolute atomic E-state index is 0.0113. The Labute approximate surface area is 188 Å². The number of amides is 3. The summed E-state index contributed by atoms with van der Waals surface area (Å²) in [4.78, 5) is 40.8. The number of thioether (sulfide) groups is 1. The van der Waals surface area contributed by atoms with Crippen molar-refractivity contribution in [1.29, 1.82) is 0 Å². The van der Waals surface area contributed by atoms with E-state index in [-0.39, 0.29) is 26.4 Å². The Morgan fingerprint density at radius 2 is 1.81 bits per heavy atom. The lowest BCUT2D eigenvalue weighted by molar-refractivity contribution is -0.124. The number of para-hydroxylation sites is 2. The molecule has 9 heteroatoms. The zero-order valence-corrected chi connectivity index (χ0v) is 18.3. The molecular weight excluding hydrogens is 434 g/mol. The molecule has 2 aromatic rings. The normalized spacial score (nSPS) is 18.0. The van der Waals surface area contributed by atoms with Crippen LogP contribution in [0.25, 0.3) is 5.57 Å². The molecule has 0 spiro atoms. The molecule has 0 aromatic heterocycles. The van der Waals surface area contributed by atoms with Gasteiger partial charge in [-0.15, -0.1) is 0 Å². The van der Waals surface area contributed by atoms with Gasteiger partial charge in [0.1, 0.15) is 5.75 Å². The number of nitrogens with one attached hydrogen (secondary N) is 1. The van der Waals surface area contributed by atoms with E-state index in [1.165, 1.54) is 12.1 Å². The highest BCUT2D eigenvalue weighted by Crippen LogP contribution is 2.44. The SMILES string of the molecule is CCCCN1C(=O)C(=C2SC(=S)N(NC(=O)c3ccccc3O)C2=O)c2ccccc21. The molecule has 2 heterocycles. The first-order chi connectivity index (χ1) is 14.9. The number of anilines is 1. The first-order valence-corrected chi connectivity index (χ1v) is 11.0. The van der Waals surface area contributed by atoms with Gasteiger partial charge in [0, 0.05) is 12.1 Å². The third kappa shape index (κ3) is 3.70. The van der Waals surface area contributed by atoms with Crippen LogP contribution in [0.5, 0.6) is 5.75 Å². The summed E-state index contributed by atoms with van der Waals surface area (Å²) >= 11 is 6.28. The minimum atomic E-state index is -0.677. The molecule has 0 unspecified atom stereocenters. The van der Waals surface area contributed by atoms with Gasteiger partial charge in [-0.1, -0.05) is 55.4 Å². The first kappa shape index (κ1) is 21.1. The first-order valence-electron chi connectivity index (χ1n) is 9.74. The standard InChI is InChI=1S/C22H19N3O4S2/c1-2-3-12-24-15-10-6-4-8-13(15)17(20(24)28)18-21(29)25(22(30)31-18)23-19(27)14-9-5-7-11-16(14)26/h4-11,26H,2-3,12H2,1H3,(H,23,27). The van der Waals surface area contributed by atoms with E-state index in [1.807, 2.05) is 31.2 Å². The maximum Gasteiger partial charge on any atom is 0.286 e. The molecule has 7 nitrogen and oxygen atoms in total. The van der Waals surface area contributed by atoms with Crippen LogP contribution in [0.3, 0.4) is 0 Å². The summed E-state index contributed by atoms with van der Waals surface area (Å²) in [5.41, 5.74) is 4.18. The summed E-state index contributed by atoms with van der Waals surface area (Å²) in [6.07, 6.45) is 1.77. The number of hydrazine groups is 1. The smallest absolute Gasteiger partial charge is 0.286 e. The second kappa shape index (κ2) is 8.52. The molecule has 2 aromatic carbocycles. The van der Waals surface area contributed by atoms with Gasteiger partial charge in [0.25, 0.3) is 17.7 Å². The van der Waals surface area contributed by atoms with Crippen molar-refractivity contribution < 1.29 is 19.5 Å². The summed E-state index contributed by atoms with van der Waals surface area (Å²) in [7, 11) is 0. The van der Waals surface area contributed by atoms with Crippen molar-refractivity contribution in [1.82, 2.24) is 10.4 Å². The van der Waals surface area contributed by atoms with Gasteiger partial charge in [0.2, 0.25) is 0 Å². The van der Waals surface area contributed by atoms with Crippen molar-refractivity contribution in [2.45, 2.75) is 19.8 Å². The summed E-state index contributed by atoms with van der Waals surface area (Å²) in [5, 5.41) is 10.8. The van der Waals surface area contributed by atoms with Crippen molar-refractivity contribution >= 4 is 57.3 Å². The Kier molecular flexibility index (Phi) is 5.79. The number of aromatic hydroxyl groups is 1. The fourth-order valence-corrected chi connectivity index (χ4v) is 4.73. The van der Waals surface area contributed by atoms with Crippen molar-refractivity contribution in [3.8, 4) is 5.75 Å². The van der Waals surface area contributed by atoms with Crippen LogP contribution >= 0.6 is 24.0 Å². The average molecular weight is 454 g/mol. The van der Waals surface area contributed by atoms with Crippen LogP contribution in [0.1, 0.15) is 35.7 Å². The maximum atomic E-state index is 13.2. The van der Waals surface area contributed by atoms with E-state index in [0.717, 1.165) is 35.3 Å². The predicted octanol–water partition coefficient (Wildman–Crippen LogP) is 3.46.